The number of hydrogen-bond acceptors (Lipinski definition) is 2. The first-order valence-corrected chi connectivity index (χ1v) is 10.2. The molecule has 0 saturated carbocycles. The average Bonchev–Trinajstić information content (AvgIpc) is 3.02. The molecule has 0 radical (unpaired) electrons. The lowest BCUT2D eigenvalue weighted by atomic mass is 9.98. The van der Waals surface area contributed by atoms with Gasteiger partial charge in [-0.2, -0.15) is 0 Å². The van der Waals surface area contributed by atoms with Gasteiger partial charge in [0.2, 0.25) is 5.91 Å². The summed E-state index contributed by atoms with van der Waals surface area (Å²) < 4.78 is 15.5. The number of amides is 1. The molecule has 0 aliphatic carbocycles. The molecule has 5 nitrogen and oxygen atoms in total. The third kappa shape index (κ3) is 3.70. The standard InChI is InChI=1S/C24H25FN2O3/c1-15-11-17(25)8-7-16(15)12-23(28)26(2)18-9-10-22-20(13-24(29)30)19-5-3-4-6-21(19)27(22)14-18/h3-8,11,18H,9-10,12-14H2,1-2H3,(H,29,30)/t18-/m1/s1. The lowest BCUT2D eigenvalue weighted by molar-refractivity contribution is -0.136. The van der Waals surface area contributed by atoms with Crippen molar-refractivity contribution in [3.05, 3.63) is 70.7 Å². The van der Waals surface area contributed by atoms with Gasteiger partial charge < -0.3 is 14.6 Å². The highest BCUT2D eigenvalue weighted by Crippen LogP contribution is 2.32. The molecule has 156 valence electrons. The van der Waals surface area contributed by atoms with Crippen LogP contribution in [-0.2, 0) is 35.4 Å². The maximum Gasteiger partial charge on any atom is 0.307 e. The smallest absolute Gasteiger partial charge is 0.307 e. The maximum atomic E-state index is 13.3. The number of carbonyl (C=O) groups is 2. The summed E-state index contributed by atoms with van der Waals surface area (Å²) in [5, 5.41) is 10.3. The van der Waals surface area contributed by atoms with Crippen LogP contribution in [0.5, 0.6) is 0 Å². The number of fused-ring (bicyclic) bond motifs is 3. The van der Waals surface area contributed by atoms with Crippen molar-refractivity contribution in [2.75, 3.05) is 7.05 Å². The quantitative estimate of drug-likeness (QED) is 0.700. The topological polar surface area (TPSA) is 62.5 Å². The molecule has 1 aliphatic rings. The second-order valence-corrected chi connectivity index (χ2v) is 8.07. The number of halogens is 1. The first kappa shape index (κ1) is 20.1. The van der Waals surface area contributed by atoms with E-state index < -0.39 is 5.97 Å². The Hall–Kier alpha value is -3.15. The number of hydrogen-bond donors (Lipinski definition) is 1. The second kappa shape index (κ2) is 7.94. The molecule has 1 aliphatic heterocycles. The number of benzene rings is 2. The molecule has 2 heterocycles. The Labute approximate surface area is 174 Å². The van der Waals surface area contributed by atoms with Crippen molar-refractivity contribution in [2.45, 2.75) is 45.2 Å². The summed E-state index contributed by atoms with van der Waals surface area (Å²) in [6.45, 7) is 2.45. The van der Waals surface area contributed by atoms with E-state index in [0.29, 0.717) is 6.54 Å². The van der Waals surface area contributed by atoms with E-state index in [4.69, 9.17) is 0 Å². The fourth-order valence-corrected chi connectivity index (χ4v) is 4.54. The van der Waals surface area contributed by atoms with Crippen LogP contribution in [-0.4, -0.2) is 39.5 Å². The van der Waals surface area contributed by atoms with E-state index in [9.17, 15) is 19.1 Å². The summed E-state index contributed by atoms with van der Waals surface area (Å²) >= 11 is 0. The van der Waals surface area contributed by atoms with Crippen molar-refractivity contribution in [2.24, 2.45) is 0 Å². The van der Waals surface area contributed by atoms with Crippen LogP contribution in [0.3, 0.4) is 0 Å². The minimum absolute atomic E-state index is 0.000351. The normalized spacial score (nSPS) is 15.8. The average molecular weight is 408 g/mol. The van der Waals surface area contributed by atoms with Gasteiger partial charge in [0.1, 0.15) is 5.82 Å². The number of aromatic nitrogens is 1. The number of aliphatic carboxylic acids is 1. The predicted octanol–water partition coefficient (Wildman–Crippen LogP) is 3.73. The first-order valence-electron chi connectivity index (χ1n) is 10.2. The molecular weight excluding hydrogens is 383 g/mol. The lowest BCUT2D eigenvalue weighted by Crippen LogP contribution is -2.43. The SMILES string of the molecule is Cc1cc(F)ccc1CC(=O)N(C)[C@@H]1CCc2c(CC(=O)O)c3ccccc3n2C1. The van der Waals surface area contributed by atoms with Gasteiger partial charge in [0, 0.05) is 36.2 Å². The Bertz CT molecular complexity index is 1130. The van der Waals surface area contributed by atoms with Gasteiger partial charge in [0.05, 0.1) is 12.8 Å². The largest absolute Gasteiger partial charge is 0.481 e. The molecule has 1 N–H and O–H groups in total. The Morgan fingerprint density at radius 3 is 2.70 bits per heavy atom. The molecule has 1 amide bonds. The van der Waals surface area contributed by atoms with E-state index in [0.717, 1.165) is 46.1 Å². The molecule has 1 atom stereocenters. The van der Waals surface area contributed by atoms with E-state index in [2.05, 4.69) is 4.57 Å². The van der Waals surface area contributed by atoms with Crippen molar-refractivity contribution in [1.82, 2.24) is 9.47 Å². The highest BCUT2D eigenvalue weighted by Gasteiger charge is 2.29. The zero-order valence-corrected chi connectivity index (χ0v) is 17.2. The van der Waals surface area contributed by atoms with Gasteiger partial charge in [0.25, 0.3) is 0 Å². The van der Waals surface area contributed by atoms with Crippen LogP contribution in [0.1, 0.15) is 28.8 Å². The fraction of sp³-hybridized carbons (Fsp3) is 0.333. The van der Waals surface area contributed by atoms with Crippen LogP contribution in [0.15, 0.2) is 42.5 Å². The Morgan fingerprint density at radius 1 is 1.20 bits per heavy atom. The molecule has 0 spiro atoms. The minimum Gasteiger partial charge on any atom is -0.481 e. The second-order valence-electron chi connectivity index (χ2n) is 8.07. The molecule has 0 saturated heterocycles. The lowest BCUT2D eigenvalue weighted by Gasteiger charge is -2.33. The molecule has 30 heavy (non-hydrogen) atoms. The van der Waals surface area contributed by atoms with Gasteiger partial charge in [-0.25, -0.2) is 4.39 Å². The van der Waals surface area contributed by atoms with E-state index in [1.165, 1.54) is 12.1 Å². The molecule has 4 rings (SSSR count). The zero-order valence-electron chi connectivity index (χ0n) is 17.2. The number of carbonyl (C=O) groups excluding carboxylic acids is 1. The Balaban J connectivity index is 1.58. The van der Waals surface area contributed by atoms with Crippen molar-refractivity contribution < 1.29 is 19.1 Å². The summed E-state index contributed by atoms with van der Waals surface area (Å²) in [6.07, 6.45) is 1.76. The van der Waals surface area contributed by atoms with Crippen molar-refractivity contribution in [1.29, 1.82) is 0 Å². The first-order chi connectivity index (χ1) is 14.3. The number of likely N-dealkylation sites (N-methyl/N-ethyl adjacent to an activating group) is 1. The predicted molar refractivity (Wildman–Crippen MR) is 113 cm³/mol. The zero-order chi connectivity index (χ0) is 21.4. The number of aryl methyl sites for hydroxylation is 1. The van der Waals surface area contributed by atoms with Gasteiger partial charge in [-0.15, -0.1) is 0 Å². The number of rotatable bonds is 5. The van der Waals surface area contributed by atoms with Crippen molar-refractivity contribution in [3.63, 3.8) is 0 Å². The van der Waals surface area contributed by atoms with Gasteiger partial charge in [0.15, 0.2) is 0 Å². The number of carboxylic acid groups (broad SMARTS) is 1. The van der Waals surface area contributed by atoms with E-state index in [-0.39, 0.29) is 30.6 Å². The van der Waals surface area contributed by atoms with Crippen LogP contribution >= 0.6 is 0 Å². The molecule has 2 aromatic carbocycles. The molecule has 0 fully saturated rings. The summed E-state index contributed by atoms with van der Waals surface area (Å²) in [4.78, 5) is 26.1. The van der Waals surface area contributed by atoms with Crippen LogP contribution in [0.2, 0.25) is 0 Å². The molecular formula is C24H25FN2O3. The third-order valence-corrected chi connectivity index (χ3v) is 6.22. The van der Waals surface area contributed by atoms with Crippen molar-refractivity contribution >= 4 is 22.8 Å². The van der Waals surface area contributed by atoms with Crippen LogP contribution in [0.4, 0.5) is 4.39 Å². The van der Waals surface area contributed by atoms with E-state index >= 15 is 0 Å². The van der Waals surface area contributed by atoms with Crippen LogP contribution in [0.25, 0.3) is 10.9 Å². The highest BCUT2D eigenvalue weighted by atomic mass is 19.1. The van der Waals surface area contributed by atoms with Crippen LogP contribution < -0.4 is 0 Å². The van der Waals surface area contributed by atoms with E-state index in [1.807, 2.05) is 38.2 Å². The summed E-state index contributed by atoms with van der Waals surface area (Å²) in [5.41, 5.74) is 4.57. The summed E-state index contributed by atoms with van der Waals surface area (Å²) in [5.74, 6) is -1.13. The highest BCUT2D eigenvalue weighted by molar-refractivity contribution is 5.89. The fourth-order valence-electron chi connectivity index (χ4n) is 4.54. The molecule has 3 aromatic rings. The van der Waals surface area contributed by atoms with Gasteiger partial charge in [-0.1, -0.05) is 24.3 Å². The number of para-hydroxylation sites is 1. The molecule has 6 heteroatoms. The molecule has 0 unspecified atom stereocenters. The van der Waals surface area contributed by atoms with Gasteiger partial charge in [-0.3, -0.25) is 9.59 Å². The van der Waals surface area contributed by atoms with Crippen LogP contribution in [0, 0.1) is 12.7 Å². The van der Waals surface area contributed by atoms with E-state index in [1.54, 1.807) is 11.0 Å². The summed E-state index contributed by atoms with van der Waals surface area (Å²) in [6, 6.07) is 12.4. The van der Waals surface area contributed by atoms with Crippen molar-refractivity contribution in [3.8, 4) is 0 Å². The number of nitrogens with zero attached hydrogens (tertiary/aromatic N) is 2. The Morgan fingerprint density at radius 2 is 1.97 bits per heavy atom. The van der Waals surface area contributed by atoms with Gasteiger partial charge in [-0.05, 0) is 54.7 Å². The molecule has 1 aromatic heterocycles. The minimum atomic E-state index is -0.835. The monoisotopic (exact) mass is 408 g/mol. The number of carboxylic acids is 1. The third-order valence-electron chi connectivity index (χ3n) is 6.22. The van der Waals surface area contributed by atoms with Gasteiger partial charge >= 0.3 is 5.97 Å². The summed E-state index contributed by atoms with van der Waals surface area (Å²) in [7, 11) is 1.82. The molecule has 0 bridgehead atoms. The Kier molecular flexibility index (Phi) is 5.33. The maximum absolute atomic E-state index is 13.3.